The van der Waals surface area contributed by atoms with E-state index in [1.807, 2.05) is 13.8 Å². The summed E-state index contributed by atoms with van der Waals surface area (Å²) in [6, 6.07) is 10.5. The Labute approximate surface area is 191 Å². The van der Waals surface area contributed by atoms with E-state index in [1.165, 1.54) is 12.1 Å². The van der Waals surface area contributed by atoms with Gasteiger partial charge in [-0.25, -0.2) is 4.39 Å². The number of aromatic nitrogens is 3. The first-order chi connectivity index (χ1) is 15.2. The number of methoxy groups -OCH3 is 1. The summed E-state index contributed by atoms with van der Waals surface area (Å²) in [5, 5.41) is 5.97. The van der Waals surface area contributed by atoms with E-state index in [0.29, 0.717) is 34.1 Å². The zero-order valence-electron chi connectivity index (χ0n) is 18.0. The Morgan fingerprint density at radius 1 is 1.16 bits per heavy atom. The van der Waals surface area contributed by atoms with Crippen LogP contribution in [0.3, 0.4) is 0 Å². The molecule has 1 amide bonds. The van der Waals surface area contributed by atoms with Crippen molar-refractivity contribution in [3.63, 3.8) is 0 Å². The molecule has 1 heterocycles. The molecule has 10 heteroatoms. The quantitative estimate of drug-likeness (QED) is 0.359. The predicted octanol–water partition coefficient (Wildman–Crippen LogP) is 4.03. The van der Waals surface area contributed by atoms with E-state index in [-0.39, 0.29) is 17.8 Å². The van der Waals surface area contributed by atoms with Gasteiger partial charge < -0.3 is 21.1 Å². The molecular weight excluding hydrogens is 431 g/mol. The van der Waals surface area contributed by atoms with Gasteiger partial charge >= 0.3 is 0 Å². The summed E-state index contributed by atoms with van der Waals surface area (Å²) in [6.45, 7) is 3.97. The number of nitrogens with two attached hydrogens (primary N) is 1. The Morgan fingerprint density at radius 3 is 2.53 bits per heavy atom. The summed E-state index contributed by atoms with van der Waals surface area (Å²) in [6.07, 6.45) is 0.503. The van der Waals surface area contributed by atoms with Gasteiger partial charge in [0.25, 0.3) is 0 Å². The number of anilines is 3. The molecule has 8 nitrogen and oxygen atoms in total. The van der Waals surface area contributed by atoms with Gasteiger partial charge in [-0.1, -0.05) is 19.9 Å². The van der Waals surface area contributed by atoms with Gasteiger partial charge in [0.05, 0.1) is 7.11 Å². The number of rotatable bonds is 9. The summed E-state index contributed by atoms with van der Waals surface area (Å²) in [5.41, 5.74) is 6.65. The second kappa shape index (κ2) is 10.3. The van der Waals surface area contributed by atoms with Crippen LogP contribution in [0, 0.1) is 11.7 Å². The number of hydrogen-bond acceptors (Lipinski definition) is 8. The van der Waals surface area contributed by atoms with Crippen LogP contribution in [0.15, 0.2) is 47.4 Å². The number of carbonyl (C=O) groups excluding carboxylic acids is 1. The summed E-state index contributed by atoms with van der Waals surface area (Å²) in [5.74, 6) is 0.566. The zero-order chi connectivity index (χ0) is 23.3. The first kappa shape index (κ1) is 23.3. The number of hydrogen-bond donors (Lipinski definition) is 4. The molecule has 2 aromatic carbocycles. The van der Waals surface area contributed by atoms with Crippen LogP contribution in [0.2, 0.25) is 0 Å². The van der Waals surface area contributed by atoms with E-state index in [2.05, 4.69) is 38.2 Å². The summed E-state index contributed by atoms with van der Waals surface area (Å²) >= 11 is 4.52. The number of nitrogens with one attached hydrogen (secondary N) is 2. The molecular formula is C22H25FN6O2S. The van der Waals surface area contributed by atoms with Gasteiger partial charge in [0.15, 0.2) is 5.82 Å². The minimum Gasteiger partial charge on any atom is -0.497 e. The fraction of sp³-hybridized carbons (Fsp3) is 0.273. The molecule has 0 fully saturated rings. The topological polar surface area (TPSA) is 115 Å². The van der Waals surface area contributed by atoms with E-state index >= 15 is 0 Å². The highest BCUT2D eigenvalue weighted by molar-refractivity contribution is 7.80. The molecule has 0 aliphatic carbocycles. The fourth-order valence-corrected chi connectivity index (χ4v) is 3.31. The van der Waals surface area contributed by atoms with Crippen LogP contribution in [0.25, 0.3) is 11.4 Å². The van der Waals surface area contributed by atoms with Gasteiger partial charge in [-0.15, -0.1) is 12.6 Å². The third kappa shape index (κ3) is 6.07. The van der Waals surface area contributed by atoms with Crippen molar-refractivity contribution in [2.24, 2.45) is 11.7 Å². The molecule has 3 rings (SSSR count). The van der Waals surface area contributed by atoms with E-state index in [0.717, 1.165) is 0 Å². The lowest BCUT2D eigenvalue weighted by Gasteiger charge is -2.18. The van der Waals surface area contributed by atoms with Gasteiger partial charge in [0.2, 0.25) is 17.8 Å². The molecule has 0 radical (unpaired) electrons. The van der Waals surface area contributed by atoms with E-state index in [9.17, 15) is 9.18 Å². The van der Waals surface area contributed by atoms with Gasteiger partial charge in [-0.2, -0.15) is 15.0 Å². The highest BCUT2D eigenvalue weighted by Crippen LogP contribution is 2.29. The number of thiol groups is 1. The molecule has 1 aromatic heterocycles. The second-order valence-corrected chi connectivity index (χ2v) is 8.04. The van der Waals surface area contributed by atoms with Gasteiger partial charge in [0, 0.05) is 16.1 Å². The molecule has 0 saturated heterocycles. The molecule has 0 aliphatic heterocycles. The number of benzene rings is 2. The van der Waals surface area contributed by atoms with Crippen LogP contribution in [0.5, 0.6) is 5.75 Å². The molecule has 1 atom stereocenters. The first-order valence-electron chi connectivity index (χ1n) is 9.97. The average Bonchev–Trinajstić information content (AvgIpc) is 2.72. The number of amides is 1. The lowest BCUT2D eigenvalue weighted by molar-refractivity contribution is -0.119. The van der Waals surface area contributed by atoms with Crippen molar-refractivity contribution in [3.05, 3.63) is 48.3 Å². The molecule has 0 saturated carbocycles. The minimum atomic E-state index is -0.668. The fourth-order valence-electron chi connectivity index (χ4n) is 3.01. The Kier molecular flexibility index (Phi) is 7.47. The maximum atomic E-state index is 13.6. The molecule has 32 heavy (non-hydrogen) atoms. The maximum Gasteiger partial charge on any atom is 0.240 e. The molecule has 3 aromatic rings. The number of carbonyl (C=O) groups is 1. The summed E-state index contributed by atoms with van der Waals surface area (Å²) in [7, 11) is 1.56. The van der Waals surface area contributed by atoms with E-state index < -0.39 is 17.8 Å². The Bertz CT molecular complexity index is 1110. The maximum absolute atomic E-state index is 13.6. The van der Waals surface area contributed by atoms with Gasteiger partial charge in [-0.05, 0) is 48.7 Å². The van der Waals surface area contributed by atoms with Crippen molar-refractivity contribution in [1.82, 2.24) is 15.0 Å². The molecule has 0 spiro atoms. The number of primary amides is 1. The highest BCUT2D eigenvalue weighted by atomic mass is 32.1. The highest BCUT2D eigenvalue weighted by Gasteiger charge is 2.20. The Hall–Kier alpha value is -3.40. The van der Waals surface area contributed by atoms with Crippen molar-refractivity contribution in [2.45, 2.75) is 31.2 Å². The van der Waals surface area contributed by atoms with Crippen molar-refractivity contribution in [3.8, 4) is 17.1 Å². The van der Waals surface area contributed by atoms with E-state index in [4.69, 9.17) is 10.5 Å². The van der Waals surface area contributed by atoms with Gasteiger partial charge in [-0.3, -0.25) is 4.79 Å². The van der Waals surface area contributed by atoms with Crippen LogP contribution >= 0.6 is 12.6 Å². The van der Waals surface area contributed by atoms with Crippen molar-refractivity contribution in [1.29, 1.82) is 0 Å². The average molecular weight is 457 g/mol. The number of halogens is 1. The lowest BCUT2D eigenvalue weighted by atomic mass is 10.0. The number of ether oxygens (including phenoxy) is 1. The lowest BCUT2D eigenvalue weighted by Crippen LogP contribution is -2.37. The van der Waals surface area contributed by atoms with E-state index in [1.54, 1.807) is 37.4 Å². The Balaban J connectivity index is 2.03. The first-order valence-corrected chi connectivity index (χ1v) is 10.4. The Morgan fingerprint density at radius 2 is 1.91 bits per heavy atom. The minimum absolute atomic E-state index is 0.155. The summed E-state index contributed by atoms with van der Waals surface area (Å²) < 4.78 is 18.8. The zero-order valence-corrected chi connectivity index (χ0v) is 18.9. The standard InChI is InChI=1S/C22H25FN6O2S/c1-12(2)9-17(19(24)30)26-22-28-20(16-8-7-15(31-3)11-18(16)32)27-21(29-22)25-14-6-4-5-13(23)10-14/h4-8,10-12,17,32H,9H2,1-3H3,(H2,24,30)(H2,25,26,27,28,29)/t17-/m0/s1. The predicted molar refractivity (Wildman–Crippen MR) is 125 cm³/mol. The molecule has 0 bridgehead atoms. The normalized spacial score (nSPS) is 11.8. The monoisotopic (exact) mass is 456 g/mol. The van der Waals surface area contributed by atoms with Crippen molar-refractivity contribution < 1.29 is 13.9 Å². The van der Waals surface area contributed by atoms with Gasteiger partial charge in [0.1, 0.15) is 17.6 Å². The smallest absolute Gasteiger partial charge is 0.240 e. The molecule has 0 unspecified atom stereocenters. The van der Waals surface area contributed by atoms with Crippen LogP contribution in [-0.4, -0.2) is 34.0 Å². The van der Waals surface area contributed by atoms with Crippen LogP contribution in [0.4, 0.5) is 22.0 Å². The van der Waals surface area contributed by atoms with Crippen molar-refractivity contribution in [2.75, 3.05) is 17.7 Å². The molecule has 4 N–H and O–H groups in total. The largest absolute Gasteiger partial charge is 0.497 e. The third-order valence-corrected chi connectivity index (χ3v) is 4.89. The van der Waals surface area contributed by atoms with Crippen molar-refractivity contribution >= 4 is 36.1 Å². The van der Waals surface area contributed by atoms with Crippen LogP contribution in [0.1, 0.15) is 20.3 Å². The third-order valence-electron chi connectivity index (χ3n) is 4.52. The molecule has 168 valence electrons. The molecule has 0 aliphatic rings. The van der Waals surface area contributed by atoms with Crippen LogP contribution in [-0.2, 0) is 4.79 Å². The van der Waals surface area contributed by atoms with Crippen LogP contribution < -0.4 is 21.1 Å². The summed E-state index contributed by atoms with van der Waals surface area (Å²) in [4.78, 5) is 25.8. The second-order valence-electron chi connectivity index (χ2n) is 7.55. The SMILES string of the molecule is COc1ccc(-c2nc(Nc3cccc(F)c3)nc(N[C@@H](CC(C)C)C(N)=O)n2)c(S)c1. The number of nitrogens with zero attached hydrogens (tertiary/aromatic N) is 3.